The molecular formula is C11H22O3. The van der Waals surface area contributed by atoms with Crippen LogP contribution in [0.3, 0.4) is 0 Å². The van der Waals surface area contributed by atoms with Gasteiger partial charge in [-0.2, -0.15) is 0 Å². The first kappa shape index (κ1) is 13.4. The van der Waals surface area contributed by atoms with Gasteiger partial charge in [0, 0.05) is 6.61 Å². The van der Waals surface area contributed by atoms with Crippen molar-refractivity contribution in [2.45, 2.75) is 53.1 Å². The highest BCUT2D eigenvalue weighted by Crippen LogP contribution is 2.25. The SMILES string of the molecule is CC(C)OC(=O)C(C)(C)CCCCO. The molecule has 0 rings (SSSR count). The average Bonchev–Trinajstić information content (AvgIpc) is 2.03. The van der Waals surface area contributed by atoms with Gasteiger partial charge in [-0.3, -0.25) is 4.79 Å². The van der Waals surface area contributed by atoms with E-state index in [0.29, 0.717) is 0 Å². The second-order valence-electron chi connectivity index (χ2n) is 4.52. The van der Waals surface area contributed by atoms with Gasteiger partial charge in [0.15, 0.2) is 0 Å². The number of carbonyl (C=O) groups excluding carboxylic acids is 1. The van der Waals surface area contributed by atoms with Gasteiger partial charge in [-0.15, -0.1) is 0 Å². The number of ether oxygens (including phenoxy) is 1. The average molecular weight is 202 g/mol. The fraction of sp³-hybridized carbons (Fsp3) is 0.909. The molecule has 0 saturated carbocycles. The van der Waals surface area contributed by atoms with Gasteiger partial charge in [0.1, 0.15) is 0 Å². The Morgan fingerprint density at radius 1 is 1.36 bits per heavy atom. The van der Waals surface area contributed by atoms with Crippen LogP contribution in [-0.2, 0) is 9.53 Å². The third-order valence-electron chi connectivity index (χ3n) is 2.11. The van der Waals surface area contributed by atoms with Crippen molar-refractivity contribution in [3.05, 3.63) is 0 Å². The Labute approximate surface area is 86.5 Å². The van der Waals surface area contributed by atoms with Crippen LogP contribution >= 0.6 is 0 Å². The van der Waals surface area contributed by atoms with E-state index in [-0.39, 0.29) is 18.7 Å². The highest BCUT2D eigenvalue weighted by Gasteiger charge is 2.29. The van der Waals surface area contributed by atoms with E-state index in [1.807, 2.05) is 27.7 Å². The molecule has 84 valence electrons. The molecule has 0 heterocycles. The minimum atomic E-state index is -0.431. The lowest BCUT2D eigenvalue weighted by molar-refractivity contribution is -0.158. The molecule has 0 aliphatic heterocycles. The van der Waals surface area contributed by atoms with Crippen LogP contribution in [0.15, 0.2) is 0 Å². The second kappa shape index (κ2) is 6.02. The maximum absolute atomic E-state index is 11.6. The van der Waals surface area contributed by atoms with E-state index < -0.39 is 5.41 Å². The molecule has 3 nitrogen and oxygen atoms in total. The molecular weight excluding hydrogens is 180 g/mol. The Bertz CT molecular complexity index is 173. The first-order chi connectivity index (χ1) is 6.40. The fourth-order valence-electron chi connectivity index (χ4n) is 1.15. The van der Waals surface area contributed by atoms with Crippen molar-refractivity contribution < 1.29 is 14.6 Å². The molecule has 0 atom stereocenters. The van der Waals surface area contributed by atoms with Crippen LogP contribution in [0.25, 0.3) is 0 Å². The summed E-state index contributed by atoms with van der Waals surface area (Å²) >= 11 is 0. The molecule has 0 fully saturated rings. The highest BCUT2D eigenvalue weighted by atomic mass is 16.5. The van der Waals surface area contributed by atoms with Crippen LogP contribution in [0.2, 0.25) is 0 Å². The Morgan fingerprint density at radius 2 is 1.93 bits per heavy atom. The summed E-state index contributed by atoms with van der Waals surface area (Å²) in [5.41, 5.74) is -0.431. The number of carbonyl (C=O) groups is 1. The number of unbranched alkanes of at least 4 members (excludes halogenated alkanes) is 1. The normalized spacial score (nSPS) is 11.9. The van der Waals surface area contributed by atoms with Crippen molar-refractivity contribution in [3.8, 4) is 0 Å². The second-order valence-corrected chi connectivity index (χ2v) is 4.52. The van der Waals surface area contributed by atoms with Crippen molar-refractivity contribution in [3.63, 3.8) is 0 Å². The van der Waals surface area contributed by atoms with Gasteiger partial charge in [-0.05, 0) is 40.5 Å². The number of hydrogen-bond acceptors (Lipinski definition) is 3. The molecule has 1 N–H and O–H groups in total. The lowest BCUT2D eigenvalue weighted by Crippen LogP contribution is -2.28. The molecule has 0 saturated heterocycles. The van der Waals surface area contributed by atoms with E-state index in [4.69, 9.17) is 9.84 Å². The lowest BCUT2D eigenvalue weighted by atomic mass is 9.87. The lowest BCUT2D eigenvalue weighted by Gasteiger charge is -2.23. The zero-order chi connectivity index (χ0) is 11.2. The summed E-state index contributed by atoms with van der Waals surface area (Å²) in [4.78, 5) is 11.6. The third kappa shape index (κ3) is 5.22. The summed E-state index contributed by atoms with van der Waals surface area (Å²) in [6, 6.07) is 0. The summed E-state index contributed by atoms with van der Waals surface area (Å²) < 4.78 is 5.14. The van der Waals surface area contributed by atoms with Crippen LogP contribution < -0.4 is 0 Å². The Kier molecular flexibility index (Phi) is 5.77. The standard InChI is InChI=1S/C11H22O3/c1-9(2)14-10(13)11(3,4)7-5-6-8-12/h9,12H,5-8H2,1-4H3. The summed E-state index contributed by atoms with van der Waals surface area (Å²) in [6.07, 6.45) is 2.31. The molecule has 0 aliphatic carbocycles. The van der Waals surface area contributed by atoms with Gasteiger partial charge in [-0.25, -0.2) is 0 Å². The summed E-state index contributed by atoms with van der Waals surface area (Å²) in [6.45, 7) is 7.66. The van der Waals surface area contributed by atoms with E-state index in [1.54, 1.807) is 0 Å². The highest BCUT2D eigenvalue weighted by molar-refractivity contribution is 5.75. The molecule has 0 unspecified atom stereocenters. The van der Waals surface area contributed by atoms with Crippen molar-refractivity contribution in [1.82, 2.24) is 0 Å². The minimum Gasteiger partial charge on any atom is -0.463 e. The quantitative estimate of drug-likeness (QED) is 0.530. The summed E-state index contributed by atoms with van der Waals surface area (Å²) in [5.74, 6) is -0.148. The van der Waals surface area contributed by atoms with Gasteiger partial charge >= 0.3 is 5.97 Å². The number of esters is 1. The largest absolute Gasteiger partial charge is 0.463 e. The Balaban J connectivity index is 3.96. The van der Waals surface area contributed by atoms with Crippen molar-refractivity contribution >= 4 is 5.97 Å². The zero-order valence-electron chi connectivity index (χ0n) is 9.67. The molecule has 14 heavy (non-hydrogen) atoms. The van der Waals surface area contributed by atoms with Crippen molar-refractivity contribution in [1.29, 1.82) is 0 Å². The van der Waals surface area contributed by atoms with Gasteiger partial charge in [0.05, 0.1) is 11.5 Å². The number of aliphatic hydroxyl groups is 1. The molecule has 0 radical (unpaired) electrons. The van der Waals surface area contributed by atoms with E-state index in [2.05, 4.69) is 0 Å². The molecule has 3 heteroatoms. The van der Waals surface area contributed by atoms with Gasteiger partial charge in [0.25, 0.3) is 0 Å². The molecule has 0 bridgehead atoms. The molecule has 0 aromatic carbocycles. The monoisotopic (exact) mass is 202 g/mol. The van der Waals surface area contributed by atoms with E-state index in [9.17, 15) is 4.79 Å². The maximum Gasteiger partial charge on any atom is 0.311 e. The smallest absolute Gasteiger partial charge is 0.311 e. The van der Waals surface area contributed by atoms with Crippen LogP contribution in [0.1, 0.15) is 47.0 Å². The molecule has 0 amide bonds. The minimum absolute atomic E-state index is 0.0559. The number of rotatable bonds is 6. The van der Waals surface area contributed by atoms with Gasteiger partial charge in [0.2, 0.25) is 0 Å². The Morgan fingerprint density at radius 3 is 2.36 bits per heavy atom. The van der Waals surface area contributed by atoms with Gasteiger partial charge in [-0.1, -0.05) is 6.42 Å². The van der Waals surface area contributed by atoms with E-state index >= 15 is 0 Å². The van der Waals surface area contributed by atoms with Crippen LogP contribution in [0.5, 0.6) is 0 Å². The van der Waals surface area contributed by atoms with Crippen molar-refractivity contribution in [2.75, 3.05) is 6.61 Å². The zero-order valence-corrected chi connectivity index (χ0v) is 9.67. The van der Waals surface area contributed by atoms with Crippen LogP contribution in [0, 0.1) is 5.41 Å². The molecule has 0 aliphatic rings. The summed E-state index contributed by atoms with van der Waals surface area (Å²) in [7, 11) is 0. The Hall–Kier alpha value is -0.570. The number of hydrogen-bond donors (Lipinski definition) is 1. The predicted octanol–water partition coefficient (Wildman–Crippen LogP) is 2.13. The topological polar surface area (TPSA) is 46.5 Å². The summed E-state index contributed by atoms with van der Waals surface area (Å²) in [5, 5.41) is 8.63. The predicted molar refractivity (Wildman–Crippen MR) is 55.9 cm³/mol. The van der Waals surface area contributed by atoms with Crippen LogP contribution in [0.4, 0.5) is 0 Å². The third-order valence-corrected chi connectivity index (χ3v) is 2.11. The first-order valence-electron chi connectivity index (χ1n) is 5.22. The van der Waals surface area contributed by atoms with E-state index in [1.165, 1.54) is 0 Å². The fourth-order valence-corrected chi connectivity index (χ4v) is 1.15. The maximum atomic E-state index is 11.6. The first-order valence-corrected chi connectivity index (χ1v) is 5.22. The van der Waals surface area contributed by atoms with Crippen LogP contribution in [-0.4, -0.2) is 23.8 Å². The van der Waals surface area contributed by atoms with Gasteiger partial charge < -0.3 is 9.84 Å². The van der Waals surface area contributed by atoms with Crippen molar-refractivity contribution in [2.24, 2.45) is 5.41 Å². The molecule has 0 spiro atoms. The number of aliphatic hydroxyl groups excluding tert-OH is 1. The molecule has 0 aromatic heterocycles. The molecule has 0 aromatic rings. The van der Waals surface area contributed by atoms with E-state index in [0.717, 1.165) is 19.3 Å².